The van der Waals surface area contributed by atoms with Crippen molar-refractivity contribution in [2.24, 2.45) is 0 Å². The lowest BCUT2D eigenvalue weighted by molar-refractivity contribution is -0.122. The van der Waals surface area contributed by atoms with Crippen molar-refractivity contribution in [3.8, 4) is 5.75 Å². The minimum atomic E-state index is -0.652. The molecule has 24 heavy (non-hydrogen) atoms. The summed E-state index contributed by atoms with van der Waals surface area (Å²) < 4.78 is 5.75. The molecule has 5 heteroatoms. The molecule has 0 radical (unpaired) electrons. The molecular weight excluding hydrogens is 345 g/mol. The summed E-state index contributed by atoms with van der Waals surface area (Å²) in [4.78, 5) is 12.3. The quantitative estimate of drug-likeness (QED) is 0.723. The van der Waals surface area contributed by atoms with Gasteiger partial charge < -0.3 is 10.1 Å². The third kappa shape index (κ3) is 4.65. The molecule has 3 nitrogen and oxygen atoms in total. The van der Waals surface area contributed by atoms with Crippen molar-refractivity contribution in [1.82, 2.24) is 0 Å². The van der Waals surface area contributed by atoms with Gasteiger partial charge in [-0.2, -0.15) is 0 Å². The van der Waals surface area contributed by atoms with Crippen molar-refractivity contribution < 1.29 is 9.53 Å². The van der Waals surface area contributed by atoms with Crippen molar-refractivity contribution in [2.75, 3.05) is 5.32 Å². The highest BCUT2D eigenvalue weighted by atomic mass is 35.5. The molecule has 0 aliphatic rings. The minimum Gasteiger partial charge on any atom is -0.481 e. The minimum absolute atomic E-state index is 0.273. The lowest BCUT2D eigenvalue weighted by Gasteiger charge is -2.17. The highest BCUT2D eigenvalue weighted by Crippen LogP contribution is 2.26. The number of hydrogen-bond donors (Lipinski definition) is 1. The Bertz CT molecular complexity index is 744. The summed E-state index contributed by atoms with van der Waals surface area (Å²) >= 11 is 11.9. The number of aryl methyl sites for hydroxylation is 1. The van der Waals surface area contributed by atoms with E-state index in [0.717, 1.165) is 5.56 Å². The van der Waals surface area contributed by atoms with Gasteiger partial charge in [-0.1, -0.05) is 43.1 Å². The van der Waals surface area contributed by atoms with Gasteiger partial charge in [-0.05, 0) is 61.2 Å². The second kappa shape index (κ2) is 7.91. The molecule has 0 aromatic heterocycles. The standard InChI is InChI=1S/C19H21Cl2NO2/c1-11(2)16-7-6-15(9-12(16)3)24-13(4)19(23)22-18-8-5-14(20)10-17(18)21/h5-11,13H,1-4H3,(H,22,23). The molecule has 0 aliphatic heterocycles. The van der Waals surface area contributed by atoms with E-state index in [4.69, 9.17) is 27.9 Å². The van der Waals surface area contributed by atoms with Crippen molar-refractivity contribution in [2.45, 2.75) is 39.7 Å². The fourth-order valence-corrected chi connectivity index (χ4v) is 2.91. The second-order valence-corrected chi connectivity index (χ2v) is 6.89. The number of ether oxygens (including phenoxy) is 1. The van der Waals surface area contributed by atoms with E-state index < -0.39 is 6.10 Å². The Hall–Kier alpha value is -1.71. The maximum absolute atomic E-state index is 12.3. The van der Waals surface area contributed by atoms with Crippen molar-refractivity contribution in [3.05, 3.63) is 57.6 Å². The topological polar surface area (TPSA) is 38.3 Å². The Kier molecular flexibility index (Phi) is 6.14. The normalized spacial score (nSPS) is 12.1. The molecule has 0 saturated carbocycles. The van der Waals surface area contributed by atoms with Gasteiger partial charge in [0.1, 0.15) is 5.75 Å². The second-order valence-electron chi connectivity index (χ2n) is 6.05. The van der Waals surface area contributed by atoms with Gasteiger partial charge >= 0.3 is 0 Å². The molecule has 1 amide bonds. The molecular formula is C19H21Cl2NO2. The van der Waals surface area contributed by atoms with E-state index in [2.05, 4.69) is 19.2 Å². The van der Waals surface area contributed by atoms with Gasteiger partial charge in [-0.25, -0.2) is 0 Å². The molecule has 0 fully saturated rings. The molecule has 0 bridgehead atoms. The van der Waals surface area contributed by atoms with Crippen molar-refractivity contribution in [1.29, 1.82) is 0 Å². The van der Waals surface area contributed by atoms with E-state index in [-0.39, 0.29) is 5.91 Å². The predicted molar refractivity (Wildman–Crippen MR) is 100 cm³/mol. The number of carbonyl (C=O) groups is 1. The maximum Gasteiger partial charge on any atom is 0.265 e. The number of amides is 1. The zero-order chi connectivity index (χ0) is 17.9. The zero-order valence-electron chi connectivity index (χ0n) is 14.2. The molecule has 1 N–H and O–H groups in total. The number of hydrogen-bond acceptors (Lipinski definition) is 2. The van der Waals surface area contributed by atoms with Gasteiger partial charge in [0.2, 0.25) is 0 Å². The number of anilines is 1. The first-order chi connectivity index (χ1) is 11.3. The molecule has 0 aliphatic carbocycles. The number of rotatable bonds is 5. The van der Waals surface area contributed by atoms with Crippen molar-refractivity contribution >= 4 is 34.8 Å². The highest BCUT2D eigenvalue weighted by Gasteiger charge is 2.17. The summed E-state index contributed by atoms with van der Waals surface area (Å²) in [5.74, 6) is 0.846. The van der Waals surface area contributed by atoms with Crippen LogP contribution in [0.15, 0.2) is 36.4 Å². The number of benzene rings is 2. The van der Waals surface area contributed by atoms with Crippen LogP contribution in [0.3, 0.4) is 0 Å². The Morgan fingerprint density at radius 1 is 1.08 bits per heavy atom. The van der Waals surface area contributed by atoms with Gasteiger partial charge in [0, 0.05) is 5.02 Å². The van der Waals surface area contributed by atoms with Crippen LogP contribution in [0.1, 0.15) is 37.8 Å². The molecule has 0 spiro atoms. The van der Waals surface area contributed by atoms with E-state index >= 15 is 0 Å². The summed E-state index contributed by atoms with van der Waals surface area (Å²) in [7, 11) is 0. The van der Waals surface area contributed by atoms with Crippen LogP contribution in [0.25, 0.3) is 0 Å². The van der Waals surface area contributed by atoms with Gasteiger partial charge in [-0.3, -0.25) is 4.79 Å². The van der Waals surface area contributed by atoms with Crippen LogP contribution in [0.4, 0.5) is 5.69 Å². The SMILES string of the molecule is Cc1cc(OC(C)C(=O)Nc2ccc(Cl)cc2Cl)ccc1C(C)C. The maximum atomic E-state index is 12.3. The van der Waals surface area contributed by atoms with Gasteiger partial charge in [0.15, 0.2) is 6.10 Å². The summed E-state index contributed by atoms with van der Waals surface area (Å²) in [6.07, 6.45) is -0.652. The lowest BCUT2D eigenvalue weighted by atomic mass is 9.98. The molecule has 2 rings (SSSR count). The third-order valence-electron chi connectivity index (χ3n) is 3.73. The molecule has 0 saturated heterocycles. The van der Waals surface area contributed by atoms with Crippen LogP contribution in [-0.4, -0.2) is 12.0 Å². The van der Waals surface area contributed by atoms with Crippen LogP contribution in [0.5, 0.6) is 5.75 Å². The van der Waals surface area contributed by atoms with Crippen LogP contribution >= 0.6 is 23.2 Å². The van der Waals surface area contributed by atoms with E-state index in [9.17, 15) is 4.79 Å². The molecule has 0 heterocycles. The molecule has 1 unspecified atom stereocenters. The van der Waals surface area contributed by atoms with Gasteiger partial charge in [0.05, 0.1) is 10.7 Å². The average Bonchev–Trinajstić information content (AvgIpc) is 2.49. The van der Waals surface area contributed by atoms with E-state index in [0.29, 0.717) is 27.4 Å². The van der Waals surface area contributed by atoms with Crippen LogP contribution in [0, 0.1) is 6.92 Å². The highest BCUT2D eigenvalue weighted by molar-refractivity contribution is 6.36. The Morgan fingerprint density at radius 2 is 1.79 bits per heavy atom. The summed E-state index contributed by atoms with van der Waals surface area (Å²) in [6.45, 7) is 8.04. The molecule has 1 atom stereocenters. The predicted octanol–water partition coefficient (Wildman–Crippen LogP) is 5.83. The number of halogens is 2. The lowest BCUT2D eigenvalue weighted by Crippen LogP contribution is -2.30. The summed E-state index contributed by atoms with van der Waals surface area (Å²) in [6, 6.07) is 10.8. The first-order valence-corrected chi connectivity index (χ1v) is 8.56. The average molecular weight is 366 g/mol. The zero-order valence-corrected chi connectivity index (χ0v) is 15.7. The number of carbonyl (C=O) groups excluding carboxylic acids is 1. The fraction of sp³-hybridized carbons (Fsp3) is 0.316. The first-order valence-electron chi connectivity index (χ1n) is 7.81. The van der Waals surface area contributed by atoms with E-state index in [1.165, 1.54) is 5.56 Å². The largest absolute Gasteiger partial charge is 0.481 e. The van der Waals surface area contributed by atoms with E-state index in [1.54, 1.807) is 25.1 Å². The fourth-order valence-electron chi connectivity index (χ4n) is 2.45. The van der Waals surface area contributed by atoms with Crippen LogP contribution in [0.2, 0.25) is 10.0 Å². The van der Waals surface area contributed by atoms with Crippen molar-refractivity contribution in [3.63, 3.8) is 0 Å². The summed E-state index contributed by atoms with van der Waals surface area (Å²) in [5, 5.41) is 3.65. The molecule has 128 valence electrons. The Labute approximate surface area is 152 Å². The third-order valence-corrected chi connectivity index (χ3v) is 4.28. The Morgan fingerprint density at radius 3 is 2.38 bits per heavy atom. The van der Waals surface area contributed by atoms with Crippen LogP contribution in [-0.2, 0) is 4.79 Å². The molecule has 2 aromatic rings. The smallest absolute Gasteiger partial charge is 0.265 e. The number of nitrogens with one attached hydrogen (secondary N) is 1. The summed E-state index contributed by atoms with van der Waals surface area (Å²) in [5.41, 5.74) is 2.93. The first kappa shape index (κ1) is 18.6. The van der Waals surface area contributed by atoms with Gasteiger partial charge in [0.25, 0.3) is 5.91 Å². The van der Waals surface area contributed by atoms with E-state index in [1.807, 2.05) is 25.1 Å². The van der Waals surface area contributed by atoms with Gasteiger partial charge in [-0.15, -0.1) is 0 Å². The monoisotopic (exact) mass is 365 g/mol. The van der Waals surface area contributed by atoms with Crippen LogP contribution < -0.4 is 10.1 Å². The molecule has 2 aromatic carbocycles. The Balaban J connectivity index is 2.05.